The number of carbonyl (C=O) groups excluding carboxylic acids is 1. The predicted octanol–water partition coefficient (Wildman–Crippen LogP) is 0.0280. The van der Waals surface area contributed by atoms with Gasteiger partial charge in [-0.15, -0.1) is 0 Å². The predicted molar refractivity (Wildman–Crippen MR) is 28.6 cm³/mol. The topological polar surface area (TPSA) is 68.0 Å². The van der Waals surface area contributed by atoms with Gasteiger partial charge in [-0.1, -0.05) is 5.10 Å². The number of amides is 1. The van der Waals surface area contributed by atoms with Crippen molar-refractivity contribution >= 4 is 11.7 Å². The van der Waals surface area contributed by atoms with Crippen LogP contribution in [0.3, 0.4) is 0 Å². The third kappa shape index (κ3) is 1.52. The molecule has 0 aliphatic carbocycles. The molecule has 0 aliphatic rings. The van der Waals surface area contributed by atoms with Crippen LogP contribution >= 0.6 is 0 Å². The van der Waals surface area contributed by atoms with Gasteiger partial charge >= 0.3 is 0 Å². The van der Waals surface area contributed by atoms with Crippen LogP contribution in [0.4, 0.5) is 5.82 Å². The van der Waals surface area contributed by atoms with Crippen molar-refractivity contribution in [3.8, 4) is 0 Å². The molecule has 0 aliphatic heterocycles. The van der Waals surface area contributed by atoms with Crippen molar-refractivity contribution in [3.05, 3.63) is 6.26 Å². The third-order valence-electron chi connectivity index (χ3n) is 0.664. The zero-order chi connectivity index (χ0) is 6.69. The second-order valence-electron chi connectivity index (χ2n) is 1.47. The number of hydrogen-bond acceptors (Lipinski definition) is 4. The van der Waals surface area contributed by atoms with E-state index in [2.05, 4.69) is 20.2 Å². The molecule has 0 atom stereocenters. The Morgan fingerprint density at radius 3 is 3.11 bits per heavy atom. The fourth-order valence-corrected chi connectivity index (χ4v) is 0.399. The first-order chi connectivity index (χ1) is 4.29. The molecule has 1 heterocycles. The monoisotopic (exact) mass is 127 g/mol. The number of rotatable bonds is 1. The smallest absolute Gasteiger partial charge is 0.222 e. The SMILES string of the molecule is CC(=O)Nc1conn1. The molecule has 1 aromatic heterocycles. The Morgan fingerprint density at radius 2 is 2.67 bits per heavy atom. The van der Waals surface area contributed by atoms with Gasteiger partial charge in [-0.2, -0.15) is 0 Å². The molecule has 1 rings (SSSR count). The largest absolute Gasteiger partial charge is 0.343 e. The van der Waals surface area contributed by atoms with E-state index >= 15 is 0 Å². The van der Waals surface area contributed by atoms with E-state index in [0.29, 0.717) is 5.82 Å². The average Bonchev–Trinajstić information content (AvgIpc) is 2.15. The Balaban J connectivity index is 2.58. The van der Waals surface area contributed by atoms with Crippen LogP contribution in [-0.4, -0.2) is 16.3 Å². The molecule has 1 N–H and O–H groups in total. The van der Waals surface area contributed by atoms with Crippen LogP contribution in [0.2, 0.25) is 0 Å². The molecule has 5 nitrogen and oxygen atoms in total. The van der Waals surface area contributed by atoms with E-state index in [0.717, 1.165) is 0 Å². The van der Waals surface area contributed by atoms with E-state index in [1.165, 1.54) is 13.2 Å². The molecule has 0 radical (unpaired) electrons. The highest BCUT2D eigenvalue weighted by Gasteiger charge is 1.96. The van der Waals surface area contributed by atoms with Crippen molar-refractivity contribution in [3.63, 3.8) is 0 Å². The Labute approximate surface area is 51.0 Å². The van der Waals surface area contributed by atoms with Gasteiger partial charge in [0.15, 0.2) is 12.1 Å². The molecule has 0 saturated heterocycles. The Hall–Kier alpha value is -1.39. The Bertz CT molecular complexity index is 194. The molecule has 0 aromatic carbocycles. The maximum atomic E-state index is 10.3. The molecule has 0 fully saturated rings. The van der Waals surface area contributed by atoms with Crippen LogP contribution in [0.1, 0.15) is 6.92 Å². The molecule has 0 saturated carbocycles. The lowest BCUT2D eigenvalue weighted by atomic mass is 10.6. The van der Waals surface area contributed by atoms with Gasteiger partial charge in [-0.05, 0) is 0 Å². The molecule has 1 aromatic rings. The third-order valence-corrected chi connectivity index (χ3v) is 0.664. The molecule has 9 heavy (non-hydrogen) atoms. The molecule has 5 heteroatoms. The molecule has 0 bridgehead atoms. The minimum absolute atomic E-state index is 0.189. The summed E-state index contributed by atoms with van der Waals surface area (Å²) >= 11 is 0. The van der Waals surface area contributed by atoms with Crippen molar-refractivity contribution in [1.82, 2.24) is 10.4 Å². The summed E-state index contributed by atoms with van der Waals surface area (Å²) in [5.41, 5.74) is 0. The Kier molecular flexibility index (Phi) is 1.44. The van der Waals surface area contributed by atoms with Crippen LogP contribution in [0.15, 0.2) is 10.8 Å². The first-order valence-electron chi connectivity index (χ1n) is 2.33. The minimum atomic E-state index is -0.189. The van der Waals surface area contributed by atoms with Gasteiger partial charge in [0.05, 0.1) is 0 Å². The van der Waals surface area contributed by atoms with Crippen molar-refractivity contribution in [2.75, 3.05) is 5.32 Å². The quantitative estimate of drug-likeness (QED) is 0.577. The number of aromatic nitrogens is 2. The van der Waals surface area contributed by atoms with E-state index in [1.54, 1.807) is 0 Å². The molecular formula is C4H5N3O2. The van der Waals surface area contributed by atoms with Crippen LogP contribution in [0.25, 0.3) is 0 Å². The zero-order valence-corrected chi connectivity index (χ0v) is 4.79. The molecule has 48 valence electrons. The summed E-state index contributed by atoms with van der Waals surface area (Å²) in [6, 6.07) is 0. The van der Waals surface area contributed by atoms with E-state index < -0.39 is 0 Å². The second-order valence-corrected chi connectivity index (χ2v) is 1.47. The summed E-state index contributed by atoms with van der Waals surface area (Å²) in [7, 11) is 0. The minimum Gasteiger partial charge on any atom is -0.343 e. The number of carbonyl (C=O) groups is 1. The van der Waals surface area contributed by atoms with Crippen LogP contribution in [-0.2, 0) is 4.79 Å². The van der Waals surface area contributed by atoms with Gasteiger partial charge in [0.25, 0.3) is 0 Å². The van der Waals surface area contributed by atoms with Gasteiger partial charge < -0.3 is 9.84 Å². The van der Waals surface area contributed by atoms with Gasteiger partial charge in [-0.3, -0.25) is 4.79 Å². The van der Waals surface area contributed by atoms with E-state index in [1.807, 2.05) is 0 Å². The lowest BCUT2D eigenvalue weighted by molar-refractivity contribution is -0.114. The fourth-order valence-electron chi connectivity index (χ4n) is 0.399. The Morgan fingerprint density at radius 1 is 1.89 bits per heavy atom. The second kappa shape index (κ2) is 2.25. The highest BCUT2D eigenvalue weighted by atomic mass is 16.5. The van der Waals surface area contributed by atoms with Crippen molar-refractivity contribution in [2.45, 2.75) is 6.92 Å². The summed E-state index contributed by atoms with van der Waals surface area (Å²) in [4.78, 5) is 10.3. The van der Waals surface area contributed by atoms with E-state index in [4.69, 9.17) is 0 Å². The van der Waals surface area contributed by atoms with Gasteiger partial charge in [0.1, 0.15) is 0 Å². The molecule has 0 spiro atoms. The van der Waals surface area contributed by atoms with E-state index in [-0.39, 0.29) is 5.91 Å². The summed E-state index contributed by atoms with van der Waals surface area (Å²) < 4.78 is 4.34. The van der Waals surface area contributed by atoms with Gasteiger partial charge in [0, 0.05) is 12.2 Å². The average molecular weight is 127 g/mol. The van der Waals surface area contributed by atoms with Crippen LogP contribution in [0.5, 0.6) is 0 Å². The molecule has 1 amide bonds. The van der Waals surface area contributed by atoms with Gasteiger partial charge in [-0.25, -0.2) is 0 Å². The summed E-state index contributed by atoms with van der Waals surface area (Å²) in [5, 5.41) is 8.92. The van der Waals surface area contributed by atoms with Crippen LogP contribution < -0.4 is 5.32 Å². The first kappa shape index (κ1) is 5.74. The first-order valence-corrected chi connectivity index (χ1v) is 2.33. The summed E-state index contributed by atoms with van der Waals surface area (Å²) in [6.07, 6.45) is 1.25. The normalized spacial score (nSPS) is 9.00. The van der Waals surface area contributed by atoms with Crippen molar-refractivity contribution in [1.29, 1.82) is 0 Å². The summed E-state index contributed by atoms with van der Waals surface area (Å²) in [5.74, 6) is 0.146. The maximum Gasteiger partial charge on any atom is 0.222 e. The lowest BCUT2D eigenvalue weighted by Gasteiger charge is -1.88. The van der Waals surface area contributed by atoms with Gasteiger partial charge in [0.2, 0.25) is 5.91 Å². The number of hydrogen-bond donors (Lipinski definition) is 1. The lowest BCUT2D eigenvalue weighted by Crippen LogP contribution is -2.05. The molecular weight excluding hydrogens is 122 g/mol. The maximum absolute atomic E-state index is 10.3. The fraction of sp³-hybridized carbons (Fsp3) is 0.250. The number of anilines is 1. The van der Waals surface area contributed by atoms with E-state index in [9.17, 15) is 4.79 Å². The highest BCUT2D eigenvalue weighted by molar-refractivity contribution is 5.87. The van der Waals surface area contributed by atoms with Crippen LogP contribution in [0, 0.1) is 0 Å². The summed E-state index contributed by atoms with van der Waals surface area (Å²) in [6.45, 7) is 1.38. The van der Waals surface area contributed by atoms with Crippen molar-refractivity contribution in [2.24, 2.45) is 0 Å². The zero-order valence-electron chi connectivity index (χ0n) is 4.79. The van der Waals surface area contributed by atoms with Crippen molar-refractivity contribution < 1.29 is 9.32 Å². The molecule has 0 unspecified atom stereocenters. The number of nitrogens with one attached hydrogen (secondary N) is 1. The highest BCUT2D eigenvalue weighted by Crippen LogP contribution is 1.96. The number of nitrogens with zero attached hydrogens (tertiary/aromatic N) is 2. The standard InChI is InChI=1S/C4H5N3O2/c1-3(8)5-4-2-9-7-6-4/h2H,1H3,(H,5,8).